The van der Waals surface area contributed by atoms with Crippen LogP contribution in [0.4, 0.5) is 0 Å². The molecule has 13 heteroatoms. The minimum Gasteiger partial charge on any atom is -0.480 e. The highest BCUT2D eigenvalue weighted by molar-refractivity contribution is 8.02. The van der Waals surface area contributed by atoms with Gasteiger partial charge in [0.2, 0.25) is 15.9 Å². The average Bonchev–Trinajstić information content (AvgIpc) is 3.56. The van der Waals surface area contributed by atoms with Gasteiger partial charge in [-0.15, -0.1) is 11.8 Å². The van der Waals surface area contributed by atoms with Crippen LogP contribution in [0, 0.1) is 0 Å². The van der Waals surface area contributed by atoms with Crippen LogP contribution in [0.25, 0.3) is 0 Å². The number of hydrogen-bond acceptors (Lipinski definition) is 9. The van der Waals surface area contributed by atoms with Crippen LogP contribution >= 0.6 is 11.8 Å². The molecular weight excluding hydrogens is 590 g/mol. The molecule has 2 aliphatic heterocycles. The first-order valence-corrected chi connectivity index (χ1v) is 16.6. The number of rotatable bonds is 13. The van der Waals surface area contributed by atoms with Gasteiger partial charge in [-0.05, 0) is 50.5 Å². The molecule has 2 aliphatic rings. The van der Waals surface area contributed by atoms with Gasteiger partial charge in [0.05, 0.1) is 16.8 Å². The highest BCUT2D eigenvalue weighted by Gasteiger charge is 2.55. The van der Waals surface area contributed by atoms with Crippen LogP contribution in [-0.4, -0.2) is 83.3 Å². The minimum atomic E-state index is -4.03. The van der Waals surface area contributed by atoms with Crippen LogP contribution in [0.2, 0.25) is 0 Å². The molecule has 1 amide bonds. The summed E-state index contributed by atoms with van der Waals surface area (Å²) in [5.41, 5.74) is 1.49. The number of hydrogen-bond donors (Lipinski definition) is 4. The zero-order valence-corrected chi connectivity index (χ0v) is 26.2. The number of amides is 1. The average molecular weight is 630 g/mol. The topological polar surface area (TPSA) is 157 Å². The number of nitrogens with zero attached hydrogens (tertiary/aromatic N) is 2. The summed E-state index contributed by atoms with van der Waals surface area (Å²) in [7, 11) is -4.03. The molecule has 43 heavy (non-hydrogen) atoms. The number of thioether (sulfide) groups is 1. The number of sulfonamides is 1. The molecule has 3 atom stereocenters. The monoisotopic (exact) mass is 629 g/mol. The molecular formula is C30H39N5O6S2. The predicted octanol–water partition coefficient (Wildman–Crippen LogP) is 2.17. The van der Waals surface area contributed by atoms with E-state index in [0.29, 0.717) is 24.9 Å². The highest BCUT2D eigenvalue weighted by Crippen LogP contribution is 2.46. The van der Waals surface area contributed by atoms with Gasteiger partial charge >= 0.3 is 5.97 Å². The van der Waals surface area contributed by atoms with E-state index in [1.54, 1.807) is 63.2 Å². The predicted molar refractivity (Wildman–Crippen MR) is 166 cm³/mol. The fourth-order valence-corrected chi connectivity index (χ4v) is 9.12. The van der Waals surface area contributed by atoms with Crippen LogP contribution in [-0.2, 0) is 37.2 Å². The Morgan fingerprint density at radius 2 is 1.79 bits per heavy atom. The molecule has 1 unspecified atom stereocenters. The quantitative estimate of drug-likeness (QED) is 0.244. The van der Waals surface area contributed by atoms with Crippen LogP contribution in [0.5, 0.6) is 0 Å². The molecule has 0 radical (unpaired) electrons. The first-order valence-electron chi connectivity index (χ1n) is 14.3. The normalized spacial score (nSPS) is 20.6. The van der Waals surface area contributed by atoms with E-state index < -0.39 is 44.1 Å². The van der Waals surface area contributed by atoms with Gasteiger partial charge in [-0.1, -0.05) is 42.5 Å². The molecule has 2 heterocycles. The van der Waals surface area contributed by atoms with Crippen molar-refractivity contribution in [1.29, 1.82) is 0 Å². The van der Waals surface area contributed by atoms with Crippen molar-refractivity contribution in [3.8, 4) is 0 Å². The molecule has 2 aromatic carbocycles. The summed E-state index contributed by atoms with van der Waals surface area (Å²) in [6.45, 7) is 7.53. The van der Waals surface area contributed by atoms with Crippen LogP contribution in [0.3, 0.4) is 0 Å². The van der Waals surface area contributed by atoms with E-state index >= 15 is 0 Å². The Balaban J connectivity index is 1.37. The second kappa shape index (κ2) is 13.9. The fraction of sp³-hybridized carbons (Fsp3) is 0.467. The largest absolute Gasteiger partial charge is 0.480 e. The summed E-state index contributed by atoms with van der Waals surface area (Å²) in [6.07, 6.45) is 1.40. The van der Waals surface area contributed by atoms with Crippen molar-refractivity contribution in [2.24, 2.45) is 4.99 Å². The lowest BCUT2D eigenvalue weighted by Gasteiger charge is -2.31. The van der Waals surface area contributed by atoms with Crippen LogP contribution < -0.4 is 16.0 Å². The Kier molecular flexibility index (Phi) is 10.5. The molecule has 1 saturated heterocycles. The zero-order valence-electron chi connectivity index (χ0n) is 24.6. The van der Waals surface area contributed by atoms with Crippen molar-refractivity contribution < 1.29 is 27.9 Å². The maximum absolute atomic E-state index is 13.6. The van der Waals surface area contributed by atoms with Gasteiger partial charge < -0.3 is 21.1 Å². The lowest BCUT2D eigenvalue weighted by atomic mass is 9.99. The van der Waals surface area contributed by atoms with Gasteiger partial charge in [0.1, 0.15) is 17.9 Å². The number of carboxylic acid groups (broad SMARTS) is 1. The summed E-state index contributed by atoms with van der Waals surface area (Å²) in [5, 5.41) is 18.3. The molecule has 0 spiro atoms. The number of nitrogens with one attached hydrogen (secondary N) is 3. The van der Waals surface area contributed by atoms with Crippen molar-refractivity contribution in [2.75, 3.05) is 19.6 Å². The summed E-state index contributed by atoms with van der Waals surface area (Å²) in [4.78, 5) is 42.5. The van der Waals surface area contributed by atoms with Gasteiger partial charge in [0, 0.05) is 37.1 Å². The third-order valence-electron chi connectivity index (χ3n) is 7.39. The van der Waals surface area contributed by atoms with E-state index in [9.17, 15) is 27.9 Å². The number of benzene rings is 2. The molecule has 232 valence electrons. The van der Waals surface area contributed by atoms with Gasteiger partial charge in [-0.2, -0.15) is 4.31 Å². The Morgan fingerprint density at radius 3 is 2.42 bits per heavy atom. The second-order valence-electron chi connectivity index (χ2n) is 11.2. The Bertz CT molecular complexity index is 1450. The summed E-state index contributed by atoms with van der Waals surface area (Å²) < 4.78 is 27.5. The molecule has 0 bridgehead atoms. The number of carbonyl (C=O) groups is 3. The fourth-order valence-electron chi connectivity index (χ4n) is 5.36. The highest BCUT2D eigenvalue weighted by atomic mass is 32.2. The third-order valence-corrected chi connectivity index (χ3v) is 10.9. The molecule has 0 aliphatic carbocycles. The van der Waals surface area contributed by atoms with Crippen molar-refractivity contribution in [3.63, 3.8) is 0 Å². The molecule has 4 rings (SSSR count). The number of guanidine groups is 1. The number of aliphatic carboxylic acids is 1. The van der Waals surface area contributed by atoms with E-state index in [0.717, 1.165) is 24.6 Å². The molecule has 2 aromatic rings. The van der Waals surface area contributed by atoms with Gasteiger partial charge in [0.25, 0.3) is 0 Å². The number of aliphatic imine (C=N–C) groups is 1. The first-order chi connectivity index (χ1) is 20.4. The number of Topliss-reactive ketones (excluding diaryl/α,β-unsaturated/α-hetero) is 1. The first kappa shape index (κ1) is 32.5. The number of carbonyl (C=O) groups excluding carboxylic acids is 2. The van der Waals surface area contributed by atoms with Gasteiger partial charge in [0.15, 0.2) is 5.96 Å². The van der Waals surface area contributed by atoms with E-state index in [4.69, 9.17) is 0 Å². The number of ketones is 1. The molecule has 0 saturated carbocycles. The Hall–Kier alpha value is -3.42. The number of carboxylic acids is 1. The maximum atomic E-state index is 13.6. The summed E-state index contributed by atoms with van der Waals surface area (Å²) >= 11 is 1.35. The van der Waals surface area contributed by atoms with E-state index in [-0.39, 0.29) is 23.5 Å². The minimum absolute atomic E-state index is 0.000170. The Morgan fingerprint density at radius 1 is 1.12 bits per heavy atom. The van der Waals surface area contributed by atoms with Crippen molar-refractivity contribution >= 4 is 45.4 Å². The molecule has 1 fully saturated rings. The lowest BCUT2D eigenvalue weighted by molar-refractivity contribution is -0.142. The second-order valence-corrected chi connectivity index (χ2v) is 15.0. The SMILES string of the molecule is CC1SC(C)(C)[C@@H](C(=O)N[C@@H](Cc2ccc(CC(=O)CCCNC3=NCCN3)cc2)C(=O)O)N1S(=O)(=O)c1ccccc1. The summed E-state index contributed by atoms with van der Waals surface area (Å²) in [6, 6.07) is 12.6. The lowest BCUT2D eigenvalue weighted by Crippen LogP contribution is -2.57. The van der Waals surface area contributed by atoms with E-state index in [1.165, 1.54) is 28.2 Å². The molecule has 0 aromatic heterocycles. The molecule has 4 N–H and O–H groups in total. The third kappa shape index (κ3) is 8.15. The van der Waals surface area contributed by atoms with Crippen LogP contribution in [0.1, 0.15) is 44.7 Å². The van der Waals surface area contributed by atoms with Crippen molar-refractivity contribution in [2.45, 2.75) is 73.6 Å². The smallest absolute Gasteiger partial charge is 0.326 e. The van der Waals surface area contributed by atoms with Crippen molar-refractivity contribution in [1.82, 2.24) is 20.3 Å². The maximum Gasteiger partial charge on any atom is 0.326 e. The summed E-state index contributed by atoms with van der Waals surface area (Å²) in [5.74, 6) is -1.02. The zero-order chi connectivity index (χ0) is 31.2. The van der Waals surface area contributed by atoms with Gasteiger partial charge in [-0.25, -0.2) is 13.2 Å². The Labute approximate surface area is 257 Å². The standard InChI is InChI=1S/C30H39N5O6S2/c1-20-35(43(40,41)24-9-5-4-6-10-24)26(30(2,3)42-20)27(37)34-25(28(38)39)19-22-13-11-21(12-14-22)18-23(36)8-7-15-31-29-32-16-17-33-29/h4-6,9-14,20,25-26H,7-8,15-19H2,1-3H3,(H,34,37)(H,38,39)(H2,31,32,33)/t20?,25-,26+/m0/s1. The van der Waals surface area contributed by atoms with Gasteiger partial charge in [-0.3, -0.25) is 14.6 Å². The van der Waals surface area contributed by atoms with E-state index in [1.807, 2.05) is 0 Å². The van der Waals surface area contributed by atoms with E-state index in [2.05, 4.69) is 20.9 Å². The van der Waals surface area contributed by atoms with Crippen LogP contribution in [0.15, 0.2) is 64.5 Å². The van der Waals surface area contributed by atoms with Crippen molar-refractivity contribution in [3.05, 3.63) is 65.7 Å². The molecule has 11 nitrogen and oxygen atoms in total.